The molecule has 0 aliphatic carbocycles. The number of aryl methyl sites for hydroxylation is 1. The number of tetrazole rings is 1. The molecule has 4 aromatic rings. The molecule has 0 aliphatic heterocycles. The fourth-order valence-electron chi connectivity index (χ4n) is 3.49. The molecule has 0 spiro atoms. The van der Waals surface area contributed by atoms with Crippen LogP contribution in [0.2, 0.25) is 0 Å². The molecule has 2 N–H and O–H groups in total. The first-order chi connectivity index (χ1) is 17.5. The number of nitrogens with zero attached hydrogens (tertiary/aromatic N) is 5. The second-order valence-electron chi connectivity index (χ2n) is 8.02. The summed E-state index contributed by atoms with van der Waals surface area (Å²) in [6.45, 7) is 4.23. The highest BCUT2D eigenvalue weighted by molar-refractivity contribution is 5.48. The lowest BCUT2D eigenvalue weighted by atomic mass is 10.2. The van der Waals surface area contributed by atoms with Gasteiger partial charge in [0.25, 0.3) is 5.69 Å². The van der Waals surface area contributed by atoms with Gasteiger partial charge in [0.1, 0.15) is 0 Å². The number of aromatic nitrogens is 4. The van der Waals surface area contributed by atoms with E-state index in [4.69, 9.17) is 9.47 Å². The average molecular weight is 490 g/mol. The molecule has 0 saturated carbocycles. The summed E-state index contributed by atoms with van der Waals surface area (Å²) in [7, 11) is 1.60. The van der Waals surface area contributed by atoms with Crippen LogP contribution >= 0.6 is 0 Å². The van der Waals surface area contributed by atoms with E-state index in [1.807, 2.05) is 49.4 Å². The molecule has 1 aromatic heterocycles. The van der Waals surface area contributed by atoms with Crippen LogP contribution in [0.3, 0.4) is 0 Å². The second-order valence-corrected chi connectivity index (χ2v) is 8.02. The van der Waals surface area contributed by atoms with Crippen LogP contribution in [0.15, 0.2) is 66.7 Å². The molecular formula is C25H27N7O4. The zero-order valence-corrected chi connectivity index (χ0v) is 20.0. The molecule has 0 amide bonds. The van der Waals surface area contributed by atoms with Crippen molar-refractivity contribution < 1.29 is 14.4 Å². The molecule has 0 fully saturated rings. The summed E-state index contributed by atoms with van der Waals surface area (Å²) in [6.07, 6.45) is 0. The minimum Gasteiger partial charge on any atom is -0.493 e. The zero-order valence-electron chi connectivity index (χ0n) is 20.0. The molecular weight excluding hydrogens is 462 g/mol. The lowest BCUT2D eigenvalue weighted by Gasteiger charge is -2.13. The van der Waals surface area contributed by atoms with Gasteiger partial charge in [-0.15, -0.1) is 5.10 Å². The van der Waals surface area contributed by atoms with Gasteiger partial charge >= 0.3 is 0 Å². The number of non-ortho nitro benzene ring substituents is 1. The topological polar surface area (TPSA) is 129 Å². The molecule has 0 aliphatic rings. The average Bonchev–Trinajstić information content (AvgIpc) is 3.37. The van der Waals surface area contributed by atoms with Crippen LogP contribution in [0, 0.1) is 17.0 Å². The van der Waals surface area contributed by atoms with Gasteiger partial charge in [-0.3, -0.25) is 10.1 Å². The summed E-state index contributed by atoms with van der Waals surface area (Å²) < 4.78 is 13.1. The maximum absolute atomic E-state index is 10.7. The Bertz CT molecular complexity index is 1290. The molecule has 0 bridgehead atoms. The summed E-state index contributed by atoms with van der Waals surface area (Å²) in [5.41, 5.74) is 3.97. The van der Waals surface area contributed by atoms with Gasteiger partial charge in [-0.05, 0) is 59.3 Å². The van der Waals surface area contributed by atoms with Gasteiger partial charge in [-0.1, -0.05) is 23.8 Å². The van der Waals surface area contributed by atoms with Crippen LogP contribution < -0.4 is 20.1 Å². The summed E-state index contributed by atoms with van der Waals surface area (Å²) >= 11 is 0. The summed E-state index contributed by atoms with van der Waals surface area (Å²) in [4.78, 5) is 10.3. The van der Waals surface area contributed by atoms with E-state index < -0.39 is 4.92 Å². The number of methoxy groups -OCH3 is 1. The minimum absolute atomic E-state index is 0.0740. The van der Waals surface area contributed by atoms with Crippen molar-refractivity contribution in [1.29, 1.82) is 0 Å². The summed E-state index contributed by atoms with van der Waals surface area (Å²) in [5.74, 6) is 1.79. The van der Waals surface area contributed by atoms with Crippen LogP contribution in [-0.4, -0.2) is 45.3 Å². The van der Waals surface area contributed by atoms with E-state index in [-0.39, 0.29) is 12.3 Å². The van der Waals surface area contributed by atoms with Crippen LogP contribution in [0.4, 0.5) is 11.4 Å². The van der Waals surface area contributed by atoms with Crippen molar-refractivity contribution in [3.8, 4) is 17.2 Å². The summed E-state index contributed by atoms with van der Waals surface area (Å²) in [5, 5.41) is 29.3. The maximum Gasteiger partial charge on any atom is 0.269 e. The monoisotopic (exact) mass is 489 g/mol. The molecule has 4 rings (SSSR count). The van der Waals surface area contributed by atoms with Crippen molar-refractivity contribution in [2.24, 2.45) is 0 Å². The van der Waals surface area contributed by atoms with E-state index in [1.165, 1.54) is 12.1 Å². The smallest absolute Gasteiger partial charge is 0.269 e. The van der Waals surface area contributed by atoms with Gasteiger partial charge in [0.15, 0.2) is 23.9 Å². The highest BCUT2D eigenvalue weighted by atomic mass is 16.6. The third kappa shape index (κ3) is 6.33. The Hall–Kier alpha value is -4.51. The van der Waals surface area contributed by atoms with E-state index in [0.717, 1.165) is 22.5 Å². The van der Waals surface area contributed by atoms with Crippen LogP contribution in [0.5, 0.6) is 11.5 Å². The Morgan fingerprint density at radius 2 is 1.78 bits per heavy atom. The number of hydrogen-bond acceptors (Lipinski definition) is 9. The largest absolute Gasteiger partial charge is 0.493 e. The van der Waals surface area contributed by atoms with Gasteiger partial charge in [0.05, 0.1) is 17.7 Å². The van der Waals surface area contributed by atoms with E-state index in [9.17, 15) is 10.1 Å². The molecule has 3 aromatic carbocycles. The van der Waals surface area contributed by atoms with Gasteiger partial charge in [-0.2, -0.15) is 4.68 Å². The highest BCUT2D eigenvalue weighted by Crippen LogP contribution is 2.29. The fourth-order valence-corrected chi connectivity index (χ4v) is 3.49. The number of benzene rings is 3. The molecule has 0 saturated heterocycles. The van der Waals surface area contributed by atoms with Crippen molar-refractivity contribution in [3.63, 3.8) is 0 Å². The number of anilines is 1. The van der Waals surface area contributed by atoms with E-state index in [1.54, 1.807) is 23.9 Å². The van der Waals surface area contributed by atoms with E-state index in [0.29, 0.717) is 37.0 Å². The number of hydrogen-bond donors (Lipinski definition) is 2. The van der Waals surface area contributed by atoms with Crippen LogP contribution in [0.1, 0.15) is 17.0 Å². The molecule has 0 radical (unpaired) electrons. The molecule has 186 valence electrons. The van der Waals surface area contributed by atoms with Gasteiger partial charge < -0.3 is 20.1 Å². The predicted octanol–water partition coefficient (Wildman–Crippen LogP) is 3.67. The van der Waals surface area contributed by atoms with Gasteiger partial charge in [-0.25, -0.2) is 0 Å². The van der Waals surface area contributed by atoms with Gasteiger partial charge in [0.2, 0.25) is 0 Å². The van der Waals surface area contributed by atoms with E-state index >= 15 is 0 Å². The minimum atomic E-state index is -0.412. The van der Waals surface area contributed by atoms with Crippen molar-refractivity contribution in [1.82, 2.24) is 25.5 Å². The third-order valence-corrected chi connectivity index (χ3v) is 5.44. The zero-order chi connectivity index (χ0) is 25.3. The Labute approximate surface area is 208 Å². The molecule has 1 heterocycles. The Kier molecular flexibility index (Phi) is 8.04. The van der Waals surface area contributed by atoms with Crippen LogP contribution in [-0.2, 0) is 13.2 Å². The molecule has 0 atom stereocenters. The molecule has 36 heavy (non-hydrogen) atoms. The molecule has 11 nitrogen and oxygen atoms in total. The van der Waals surface area contributed by atoms with Gasteiger partial charge in [0, 0.05) is 37.5 Å². The lowest BCUT2D eigenvalue weighted by molar-refractivity contribution is -0.384. The van der Waals surface area contributed by atoms with Crippen LogP contribution in [0.25, 0.3) is 5.69 Å². The normalized spacial score (nSPS) is 10.7. The molecule has 0 unspecified atom stereocenters. The predicted molar refractivity (Wildman–Crippen MR) is 135 cm³/mol. The number of nitrogens with one attached hydrogen (secondary N) is 2. The third-order valence-electron chi connectivity index (χ3n) is 5.44. The number of ether oxygens (including phenoxy) is 2. The Balaban J connectivity index is 1.27. The van der Waals surface area contributed by atoms with Crippen molar-refractivity contribution in [2.75, 3.05) is 25.5 Å². The van der Waals surface area contributed by atoms with Crippen molar-refractivity contribution in [3.05, 3.63) is 93.8 Å². The standard InChI is InChI=1S/C25H27N7O4/c1-18-3-8-21(9-4-18)31-25(28-29-30-31)17-36-23-12-5-19(15-24(23)35-2)16-26-13-14-27-20-6-10-22(11-7-20)32(33)34/h3-12,15,26-27H,13-14,16-17H2,1-2H3. The quantitative estimate of drug-likeness (QED) is 0.174. The first-order valence-corrected chi connectivity index (χ1v) is 11.4. The Morgan fingerprint density at radius 3 is 2.50 bits per heavy atom. The van der Waals surface area contributed by atoms with E-state index in [2.05, 4.69) is 26.2 Å². The first-order valence-electron chi connectivity index (χ1n) is 11.4. The number of nitro groups is 1. The highest BCUT2D eigenvalue weighted by Gasteiger charge is 2.12. The SMILES string of the molecule is COc1cc(CNCCNc2ccc([N+](=O)[O-])cc2)ccc1OCc1nnnn1-c1ccc(C)cc1. The second kappa shape index (κ2) is 11.8. The Morgan fingerprint density at radius 1 is 1.00 bits per heavy atom. The van der Waals surface area contributed by atoms with Crippen molar-refractivity contribution in [2.45, 2.75) is 20.1 Å². The maximum atomic E-state index is 10.7. The lowest BCUT2D eigenvalue weighted by Crippen LogP contribution is -2.21. The number of rotatable bonds is 12. The first kappa shape index (κ1) is 24.6. The summed E-state index contributed by atoms with van der Waals surface area (Å²) in [6, 6.07) is 20.0. The fraction of sp³-hybridized carbons (Fsp3) is 0.240. The number of nitro benzene ring substituents is 1. The van der Waals surface area contributed by atoms with Crippen molar-refractivity contribution >= 4 is 11.4 Å². The molecule has 11 heteroatoms.